The highest BCUT2D eigenvalue weighted by Crippen LogP contribution is 2.39. The predicted molar refractivity (Wildman–Crippen MR) is 116 cm³/mol. The number of hydrogen-bond acceptors (Lipinski definition) is 3. The van der Waals surface area contributed by atoms with Gasteiger partial charge in [0, 0.05) is 29.8 Å². The van der Waals surface area contributed by atoms with Crippen molar-refractivity contribution in [2.24, 2.45) is 0 Å². The van der Waals surface area contributed by atoms with Crippen LogP contribution < -0.4 is 10.4 Å². The van der Waals surface area contributed by atoms with Crippen molar-refractivity contribution in [3.63, 3.8) is 0 Å². The van der Waals surface area contributed by atoms with Crippen LogP contribution in [0.1, 0.15) is 58.2 Å². The molecule has 0 spiro atoms. The second kappa shape index (κ2) is 7.32. The van der Waals surface area contributed by atoms with E-state index < -0.39 is 0 Å². The van der Waals surface area contributed by atoms with Crippen molar-refractivity contribution in [1.82, 2.24) is 0 Å². The molecule has 3 N–H and O–H groups in total. The van der Waals surface area contributed by atoms with Crippen molar-refractivity contribution >= 4 is 17.3 Å². The fraction of sp³-hybridized carbons (Fsp3) is 0.375. The van der Waals surface area contributed by atoms with Crippen LogP contribution in [-0.4, -0.2) is 11.0 Å². The number of phenolic OH excluding ortho intramolecular Hbond substituents is 1. The van der Waals surface area contributed by atoms with Gasteiger partial charge in [0.1, 0.15) is 17.6 Å². The molecule has 0 radical (unpaired) electrons. The molecule has 0 aliphatic carbocycles. The van der Waals surface area contributed by atoms with E-state index in [0.717, 1.165) is 16.7 Å². The van der Waals surface area contributed by atoms with Crippen molar-refractivity contribution < 1.29 is 15.0 Å². The van der Waals surface area contributed by atoms with Crippen LogP contribution in [0.2, 0.25) is 0 Å². The Morgan fingerprint density at radius 1 is 1.03 bits per heavy atom. The Labute approximate surface area is 172 Å². The zero-order chi connectivity index (χ0) is 21.6. The standard InChI is InChI=1S/C24H30N2O3/c1-23(2,3)17-12-18(24(4,5)6)21(27)13-19(17)25-22(28)16-11-15-9-7-8-10-20(15)26(29)14-16/h7-10,12-14,26-27H,11H2,1-6H3,(H,25,28). The summed E-state index contributed by atoms with van der Waals surface area (Å²) in [5, 5.41) is 25.8. The number of amides is 1. The van der Waals surface area contributed by atoms with Crippen molar-refractivity contribution in [2.45, 2.75) is 58.8 Å². The molecule has 2 aromatic rings. The average molecular weight is 395 g/mol. The average Bonchev–Trinajstić information content (AvgIpc) is 2.59. The molecule has 0 saturated carbocycles. The molecule has 1 heterocycles. The van der Waals surface area contributed by atoms with Gasteiger partial charge in [0.2, 0.25) is 0 Å². The molecule has 154 valence electrons. The van der Waals surface area contributed by atoms with Crippen LogP contribution >= 0.6 is 0 Å². The van der Waals surface area contributed by atoms with Crippen LogP contribution in [0, 0.1) is 5.21 Å². The van der Waals surface area contributed by atoms with Gasteiger partial charge in [-0.2, -0.15) is 0 Å². The third-order valence-electron chi connectivity index (χ3n) is 5.26. The highest BCUT2D eigenvalue weighted by atomic mass is 16.5. The first-order valence-electron chi connectivity index (χ1n) is 9.90. The van der Waals surface area contributed by atoms with E-state index in [9.17, 15) is 15.1 Å². The molecule has 0 aromatic heterocycles. The molecule has 1 aliphatic rings. The maximum Gasteiger partial charge on any atom is 0.257 e. The maximum absolute atomic E-state index is 13.0. The minimum Gasteiger partial charge on any atom is -0.624 e. The van der Waals surface area contributed by atoms with E-state index in [1.165, 1.54) is 6.20 Å². The van der Waals surface area contributed by atoms with Gasteiger partial charge in [0.15, 0.2) is 0 Å². The molecular weight excluding hydrogens is 364 g/mol. The lowest BCUT2D eigenvalue weighted by Gasteiger charge is -2.29. The zero-order valence-electron chi connectivity index (χ0n) is 18.0. The number of phenols is 1. The molecule has 29 heavy (non-hydrogen) atoms. The number of rotatable bonds is 2. The first-order valence-corrected chi connectivity index (χ1v) is 9.90. The maximum atomic E-state index is 13.0. The lowest BCUT2D eigenvalue weighted by molar-refractivity contribution is -0.716. The fourth-order valence-corrected chi connectivity index (χ4v) is 3.67. The van der Waals surface area contributed by atoms with E-state index in [2.05, 4.69) is 26.1 Å². The normalized spacial score (nSPS) is 16.8. The molecule has 1 atom stereocenters. The van der Waals surface area contributed by atoms with Crippen molar-refractivity contribution in [2.75, 3.05) is 5.32 Å². The minimum atomic E-state index is -0.318. The summed E-state index contributed by atoms with van der Waals surface area (Å²) in [6.07, 6.45) is 1.82. The number of hydrogen-bond donors (Lipinski definition) is 3. The number of fused-ring (bicyclic) bond motifs is 1. The number of hydroxylamine groups is 1. The topological polar surface area (TPSA) is 76.8 Å². The van der Waals surface area contributed by atoms with Crippen molar-refractivity contribution in [1.29, 1.82) is 0 Å². The summed E-state index contributed by atoms with van der Waals surface area (Å²) >= 11 is 0. The molecule has 1 unspecified atom stereocenters. The summed E-state index contributed by atoms with van der Waals surface area (Å²) in [5.41, 5.74) is 3.80. The zero-order valence-corrected chi connectivity index (χ0v) is 18.0. The summed E-state index contributed by atoms with van der Waals surface area (Å²) in [7, 11) is 0. The van der Waals surface area contributed by atoms with Crippen LogP contribution in [0.15, 0.2) is 48.2 Å². The smallest absolute Gasteiger partial charge is 0.257 e. The SMILES string of the molecule is CC(C)(C)c1cc(C(C)(C)C)c(NC(=O)C2=C[NH+]([O-])c3ccccc3C2)cc1O. The third-order valence-corrected chi connectivity index (χ3v) is 5.26. The largest absolute Gasteiger partial charge is 0.624 e. The fourth-order valence-electron chi connectivity index (χ4n) is 3.67. The summed E-state index contributed by atoms with van der Waals surface area (Å²) in [5.74, 6) is -0.166. The molecule has 5 heteroatoms. The van der Waals surface area contributed by atoms with E-state index in [0.29, 0.717) is 23.4 Å². The third kappa shape index (κ3) is 4.36. The number of para-hydroxylation sites is 1. The molecule has 1 aliphatic heterocycles. The highest BCUT2D eigenvalue weighted by Gasteiger charge is 2.28. The van der Waals surface area contributed by atoms with Gasteiger partial charge in [0.25, 0.3) is 5.91 Å². The van der Waals surface area contributed by atoms with Crippen LogP contribution in [0.25, 0.3) is 0 Å². The molecule has 2 aromatic carbocycles. The number of aromatic hydroxyl groups is 1. The molecule has 0 fully saturated rings. The summed E-state index contributed by atoms with van der Waals surface area (Å²) < 4.78 is 0. The van der Waals surface area contributed by atoms with Gasteiger partial charge in [0.05, 0.1) is 5.57 Å². The van der Waals surface area contributed by atoms with Crippen LogP contribution in [0.3, 0.4) is 0 Å². The molecule has 5 nitrogen and oxygen atoms in total. The van der Waals surface area contributed by atoms with Gasteiger partial charge in [-0.25, -0.2) is 0 Å². The van der Waals surface area contributed by atoms with Crippen LogP contribution in [0.5, 0.6) is 5.75 Å². The summed E-state index contributed by atoms with van der Waals surface area (Å²) in [6, 6.07) is 10.9. The Balaban J connectivity index is 1.96. The van der Waals surface area contributed by atoms with Gasteiger partial charge in [-0.05, 0) is 28.0 Å². The number of nitrogens with one attached hydrogen (secondary N) is 2. The van der Waals surface area contributed by atoms with Crippen molar-refractivity contribution in [3.8, 4) is 5.75 Å². The van der Waals surface area contributed by atoms with Crippen molar-refractivity contribution in [3.05, 3.63) is 70.1 Å². The van der Waals surface area contributed by atoms with E-state index in [4.69, 9.17) is 0 Å². The van der Waals surface area contributed by atoms with E-state index in [1.54, 1.807) is 12.1 Å². The Morgan fingerprint density at radius 3 is 2.28 bits per heavy atom. The van der Waals surface area contributed by atoms with Crippen LogP contribution in [0.4, 0.5) is 11.4 Å². The number of carbonyl (C=O) groups is 1. The second-order valence-electron chi connectivity index (χ2n) is 9.74. The second-order valence-corrected chi connectivity index (χ2v) is 9.74. The first-order chi connectivity index (χ1) is 13.4. The Hall–Kier alpha value is -2.63. The van der Waals surface area contributed by atoms with E-state index in [1.807, 2.05) is 45.0 Å². The quantitative estimate of drug-likeness (QED) is 0.672. The highest BCUT2D eigenvalue weighted by molar-refractivity contribution is 6.04. The van der Waals surface area contributed by atoms with Crippen LogP contribution in [-0.2, 0) is 22.0 Å². The van der Waals surface area contributed by atoms with Gasteiger partial charge in [-0.1, -0.05) is 59.7 Å². The van der Waals surface area contributed by atoms with E-state index >= 15 is 0 Å². The number of anilines is 1. The Morgan fingerprint density at radius 2 is 1.66 bits per heavy atom. The van der Waals surface area contributed by atoms with Gasteiger partial charge in [-0.15, -0.1) is 0 Å². The number of carbonyl (C=O) groups excluding carboxylic acids is 1. The molecule has 0 saturated heterocycles. The number of benzene rings is 2. The first kappa shape index (κ1) is 21.1. The lowest BCUT2D eigenvalue weighted by atomic mass is 9.79. The van der Waals surface area contributed by atoms with Gasteiger partial charge < -0.3 is 20.7 Å². The summed E-state index contributed by atoms with van der Waals surface area (Å²) in [4.78, 5) is 13.0. The molecular formula is C24H30N2O3. The molecule has 0 bridgehead atoms. The van der Waals surface area contributed by atoms with E-state index in [-0.39, 0.29) is 27.5 Å². The minimum absolute atomic E-state index is 0.153. The monoisotopic (exact) mass is 394 g/mol. The van der Waals surface area contributed by atoms with Gasteiger partial charge in [-0.3, -0.25) is 4.79 Å². The summed E-state index contributed by atoms with van der Waals surface area (Å²) in [6.45, 7) is 12.3. The van der Waals surface area contributed by atoms with Gasteiger partial charge >= 0.3 is 0 Å². The number of quaternary nitrogens is 1. The molecule has 1 amide bonds. The Bertz CT molecular complexity index is 979. The predicted octanol–water partition coefficient (Wildman–Crippen LogP) is 4.08. The lowest BCUT2D eigenvalue weighted by Crippen LogP contribution is -2.97. The Kier molecular flexibility index (Phi) is 5.32. The molecule has 3 rings (SSSR count).